The van der Waals surface area contributed by atoms with Crippen LogP contribution in [0.1, 0.15) is 62.6 Å². The van der Waals surface area contributed by atoms with Crippen LogP contribution in [-0.2, 0) is 6.42 Å². The van der Waals surface area contributed by atoms with Gasteiger partial charge < -0.3 is 4.98 Å². The smallest absolute Gasteiger partial charge is 0.123 e. The first-order chi connectivity index (χ1) is 10.1. The number of aryl methyl sites for hydroxylation is 1. The zero-order valence-electron chi connectivity index (χ0n) is 13.2. The first kappa shape index (κ1) is 14.3. The summed E-state index contributed by atoms with van der Waals surface area (Å²) in [7, 11) is 0. The summed E-state index contributed by atoms with van der Waals surface area (Å²) >= 11 is 0. The van der Waals surface area contributed by atoms with Gasteiger partial charge in [-0.3, -0.25) is 5.32 Å². The summed E-state index contributed by atoms with van der Waals surface area (Å²) in [4.78, 5) is 7.69. The van der Waals surface area contributed by atoms with Crippen molar-refractivity contribution in [2.75, 3.05) is 0 Å². The van der Waals surface area contributed by atoms with E-state index < -0.39 is 0 Å². The zero-order valence-corrected chi connectivity index (χ0v) is 13.2. The van der Waals surface area contributed by atoms with Crippen molar-refractivity contribution in [2.24, 2.45) is 5.41 Å². The number of rotatable bonds is 4. The Balaban J connectivity index is 1.92. The fraction of sp³-hybridized carbons (Fsp3) is 0.500. The molecule has 0 saturated heterocycles. The predicted molar refractivity (Wildman–Crippen MR) is 86.0 cm³/mol. The second-order valence-corrected chi connectivity index (χ2v) is 6.72. The van der Waals surface area contributed by atoms with Crippen LogP contribution in [-0.4, -0.2) is 9.97 Å². The highest BCUT2D eigenvalue weighted by atomic mass is 15.0. The third-order valence-corrected chi connectivity index (χ3v) is 4.81. The van der Waals surface area contributed by atoms with E-state index in [1.54, 1.807) is 0 Å². The zero-order chi connectivity index (χ0) is 14.9. The third kappa shape index (κ3) is 2.75. The summed E-state index contributed by atoms with van der Waals surface area (Å²) in [6.45, 7) is 6.95. The van der Waals surface area contributed by atoms with Crippen LogP contribution in [0.3, 0.4) is 0 Å². The molecular formula is C18H25N3. The van der Waals surface area contributed by atoms with E-state index in [0.29, 0.717) is 6.04 Å². The van der Waals surface area contributed by atoms with Crippen LogP contribution in [0.4, 0.5) is 0 Å². The standard InChI is InChI=1S/C18H25N3/c1-4-15(17-19-11-12-20-17)21-16-14-8-6-5-7-13(14)9-10-18(16,2)3/h5-8,11-12,15-16,21H,4,9-10H2,1-3H3,(H,19,20). The average molecular weight is 283 g/mol. The minimum Gasteiger partial charge on any atom is -0.347 e. The Kier molecular flexibility index (Phi) is 3.85. The molecule has 1 heterocycles. The molecule has 3 nitrogen and oxygen atoms in total. The van der Waals surface area contributed by atoms with Gasteiger partial charge in [0.05, 0.1) is 6.04 Å². The molecule has 0 fully saturated rings. The lowest BCUT2D eigenvalue weighted by atomic mass is 9.70. The monoisotopic (exact) mass is 283 g/mol. The van der Waals surface area contributed by atoms with E-state index in [1.807, 2.05) is 12.4 Å². The number of hydrogen-bond donors (Lipinski definition) is 2. The lowest BCUT2D eigenvalue weighted by Gasteiger charge is -2.42. The molecule has 0 aliphatic heterocycles. The van der Waals surface area contributed by atoms with Crippen LogP contribution in [0.15, 0.2) is 36.7 Å². The first-order valence-corrected chi connectivity index (χ1v) is 7.95. The van der Waals surface area contributed by atoms with Crippen molar-refractivity contribution in [1.29, 1.82) is 0 Å². The third-order valence-electron chi connectivity index (χ3n) is 4.81. The van der Waals surface area contributed by atoms with Gasteiger partial charge in [0, 0.05) is 18.4 Å². The van der Waals surface area contributed by atoms with E-state index in [4.69, 9.17) is 0 Å². The van der Waals surface area contributed by atoms with Crippen molar-refractivity contribution >= 4 is 0 Å². The molecule has 112 valence electrons. The summed E-state index contributed by atoms with van der Waals surface area (Å²) in [5.74, 6) is 1.04. The summed E-state index contributed by atoms with van der Waals surface area (Å²) in [5.41, 5.74) is 3.20. The largest absolute Gasteiger partial charge is 0.347 e. The number of nitrogens with one attached hydrogen (secondary N) is 2. The highest BCUT2D eigenvalue weighted by Gasteiger charge is 2.36. The molecule has 3 rings (SSSR count). The maximum absolute atomic E-state index is 4.44. The second kappa shape index (κ2) is 5.64. The molecule has 0 radical (unpaired) electrons. The van der Waals surface area contributed by atoms with Crippen molar-refractivity contribution in [3.05, 3.63) is 53.6 Å². The van der Waals surface area contributed by atoms with Crippen molar-refractivity contribution in [1.82, 2.24) is 15.3 Å². The van der Waals surface area contributed by atoms with Gasteiger partial charge in [-0.15, -0.1) is 0 Å². The molecule has 1 aromatic heterocycles. The Morgan fingerprint density at radius 2 is 2.19 bits per heavy atom. The van der Waals surface area contributed by atoms with E-state index in [-0.39, 0.29) is 11.5 Å². The number of nitrogens with zero attached hydrogens (tertiary/aromatic N) is 1. The molecule has 3 heteroatoms. The maximum Gasteiger partial charge on any atom is 0.123 e. The maximum atomic E-state index is 4.44. The van der Waals surface area contributed by atoms with Crippen LogP contribution in [0, 0.1) is 5.41 Å². The topological polar surface area (TPSA) is 40.7 Å². The molecule has 0 bridgehead atoms. The summed E-state index contributed by atoms with van der Waals surface area (Å²) in [6, 6.07) is 9.50. The van der Waals surface area contributed by atoms with Crippen molar-refractivity contribution in [3.63, 3.8) is 0 Å². The molecule has 0 spiro atoms. The Hall–Kier alpha value is -1.61. The minimum atomic E-state index is 0.258. The number of benzene rings is 1. The minimum absolute atomic E-state index is 0.258. The summed E-state index contributed by atoms with van der Waals surface area (Å²) < 4.78 is 0. The Morgan fingerprint density at radius 1 is 1.38 bits per heavy atom. The highest BCUT2D eigenvalue weighted by Crippen LogP contribution is 2.44. The fourth-order valence-corrected chi connectivity index (χ4v) is 3.44. The van der Waals surface area contributed by atoms with E-state index in [2.05, 4.69) is 60.3 Å². The number of aromatic nitrogens is 2. The molecule has 1 aliphatic rings. The van der Waals surface area contributed by atoms with Crippen LogP contribution >= 0.6 is 0 Å². The Bertz CT molecular complexity index is 586. The lowest BCUT2D eigenvalue weighted by molar-refractivity contribution is 0.190. The molecular weight excluding hydrogens is 258 g/mol. The molecule has 1 aliphatic carbocycles. The van der Waals surface area contributed by atoms with Crippen molar-refractivity contribution in [3.8, 4) is 0 Å². The first-order valence-electron chi connectivity index (χ1n) is 7.95. The number of aromatic amines is 1. The molecule has 2 aromatic rings. The number of fused-ring (bicyclic) bond motifs is 1. The quantitative estimate of drug-likeness (QED) is 0.884. The summed E-state index contributed by atoms with van der Waals surface area (Å²) in [5, 5.41) is 3.86. The molecule has 2 unspecified atom stereocenters. The van der Waals surface area contributed by atoms with Crippen LogP contribution in [0.2, 0.25) is 0 Å². The van der Waals surface area contributed by atoms with Gasteiger partial charge in [0.2, 0.25) is 0 Å². The second-order valence-electron chi connectivity index (χ2n) is 6.72. The average Bonchev–Trinajstić information content (AvgIpc) is 3.00. The Labute approximate surface area is 127 Å². The van der Waals surface area contributed by atoms with Crippen LogP contribution in [0.5, 0.6) is 0 Å². The van der Waals surface area contributed by atoms with E-state index >= 15 is 0 Å². The van der Waals surface area contributed by atoms with Crippen molar-refractivity contribution < 1.29 is 0 Å². The van der Waals surface area contributed by atoms with E-state index in [0.717, 1.165) is 12.2 Å². The fourth-order valence-electron chi connectivity index (χ4n) is 3.44. The highest BCUT2D eigenvalue weighted by molar-refractivity contribution is 5.34. The number of H-pyrrole nitrogens is 1. The van der Waals surface area contributed by atoms with E-state index in [9.17, 15) is 0 Å². The van der Waals surface area contributed by atoms with Crippen molar-refractivity contribution in [2.45, 2.75) is 52.1 Å². The molecule has 1 aromatic carbocycles. The molecule has 0 amide bonds. The molecule has 2 atom stereocenters. The molecule has 21 heavy (non-hydrogen) atoms. The van der Waals surface area contributed by atoms with Crippen LogP contribution < -0.4 is 5.32 Å². The lowest BCUT2D eigenvalue weighted by Crippen LogP contribution is -2.40. The normalized spacial score (nSPS) is 21.8. The summed E-state index contributed by atoms with van der Waals surface area (Å²) in [6.07, 6.45) is 7.16. The van der Waals surface area contributed by atoms with Gasteiger partial charge in [-0.2, -0.15) is 0 Å². The van der Waals surface area contributed by atoms with Gasteiger partial charge in [0.25, 0.3) is 0 Å². The van der Waals surface area contributed by atoms with Gasteiger partial charge in [-0.05, 0) is 35.8 Å². The Morgan fingerprint density at radius 3 is 2.90 bits per heavy atom. The predicted octanol–water partition coefficient (Wildman–Crippen LogP) is 4.16. The van der Waals surface area contributed by atoms with Gasteiger partial charge in [0.1, 0.15) is 5.82 Å². The molecule has 0 saturated carbocycles. The molecule has 2 N–H and O–H groups in total. The van der Waals surface area contributed by atoms with Gasteiger partial charge >= 0.3 is 0 Å². The van der Waals surface area contributed by atoms with Gasteiger partial charge in [-0.25, -0.2) is 4.98 Å². The SMILES string of the molecule is CCC(NC1c2ccccc2CCC1(C)C)c1ncc[nH]1. The number of imidazole rings is 1. The van der Waals surface area contributed by atoms with Gasteiger partial charge in [-0.1, -0.05) is 45.0 Å². The van der Waals surface area contributed by atoms with E-state index in [1.165, 1.54) is 24.0 Å². The number of hydrogen-bond acceptors (Lipinski definition) is 2. The van der Waals surface area contributed by atoms with Crippen LogP contribution in [0.25, 0.3) is 0 Å². The van der Waals surface area contributed by atoms with Gasteiger partial charge in [0.15, 0.2) is 0 Å².